The first kappa shape index (κ1) is 7.03. The molecule has 0 radical (unpaired) electrons. The van der Waals surface area contributed by atoms with Crippen molar-refractivity contribution in [3.05, 3.63) is 0 Å². The van der Waals surface area contributed by atoms with Crippen LogP contribution in [0.25, 0.3) is 0 Å². The first-order chi connectivity index (χ1) is 4.39. The largest absolute Gasteiger partial charge is 0.391 e. The van der Waals surface area contributed by atoms with Gasteiger partial charge in [-0.2, -0.15) is 0 Å². The SMILES string of the molecule is O[C@@H]1CCCCCOC1. The zero-order valence-corrected chi connectivity index (χ0v) is 5.68. The Morgan fingerprint density at radius 3 is 3.00 bits per heavy atom. The van der Waals surface area contributed by atoms with E-state index >= 15 is 0 Å². The molecule has 1 N–H and O–H groups in total. The van der Waals surface area contributed by atoms with E-state index in [0.717, 1.165) is 25.9 Å². The quantitative estimate of drug-likeness (QED) is 0.528. The molecule has 1 atom stereocenters. The van der Waals surface area contributed by atoms with Crippen LogP contribution in [0.15, 0.2) is 0 Å². The Balaban J connectivity index is 2.12. The van der Waals surface area contributed by atoms with Gasteiger partial charge in [0, 0.05) is 6.61 Å². The van der Waals surface area contributed by atoms with Crippen LogP contribution in [0.4, 0.5) is 0 Å². The second kappa shape index (κ2) is 3.85. The highest BCUT2D eigenvalue weighted by Gasteiger charge is 2.06. The van der Waals surface area contributed by atoms with Gasteiger partial charge >= 0.3 is 0 Å². The molecular weight excluding hydrogens is 116 g/mol. The van der Waals surface area contributed by atoms with Gasteiger partial charge in [-0.15, -0.1) is 0 Å². The van der Waals surface area contributed by atoms with Crippen LogP contribution in [-0.4, -0.2) is 24.4 Å². The fraction of sp³-hybridized carbons (Fsp3) is 1.00. The minimum absolute atomic E-state index is 0.203. The summed E-state index contributed by atoms with van der Waals surface area (Å²) in [6.45, 7) is 1.37. The summed E-state index contributed by atoms with van der Waals surface area (Å²) in [6, 6.07) is 0. The van der Waals surface area contributed by atoms with Gasteiger partial charge in [-0.05, 0) is 12.8 Å². The van der Waals surface area contributed by atoms with Crippen LogP contribution in [-0.2, 0) is 4.74 Å². The molecule has 0 aromatic carbocycles. The molecule has 0 bridgehead atoms. The Hall–Kier alpha value is -0.0800. The summed E-state index contributed by atoms with van der Waals surface area (Å²) in [5, 5.41) is 9.09. The van der Waals surface area contributed by atoms with Gasteiger partial charge in [0.1, 0.15) is 0 Å². The Bertz CT molecular complexity index is 65.3. The topological polar surface area (TPSA) is 29.5 Å². The van der Waals surface area contributed by atoms with Crippen LogP contribution in [0.1, 0.15) is 25.7 Å². The van der Waals surface area contributed by atoms with Gasteiger partial charge in [-0.1, -0.05) is 12.8 Å². The molecule has 0 aromatic heterocycles. The Labute approximate surface area is 55.8 Å². The van der Waals surface area contributed by atoms with Crippen molar-refractivity contribution >= 4 is 0 Å². The highest BCUT2D eigenvalue weighted by atomic mass is 16.5. The van der Waals surface area contributed by atoms with E-state index in [0.29, 0.717) is 6.61 Å². The molecule has 2 nitrogen and oxygen atoms in total. The highest BCUT2D eigenvalue weighted by Crippen LogP contribution is 2.07. The molecule has 2 heteroatoms. The number of hydrogen-bond acceptors (Lipinski definition) is 2. The standard InChI is InChI=1S/C7H14O2/c8-7-4-2-1-3-5-9-6-7/h7-8H,1-6H2/t7-/m1/s1. The number of aliphatic hydroxyl groups is 1. The van der Waals surface area contributed by atoms with Crippen LogP contribution in [0, 0.1) is 0 Å². The number of ether oxygens (including phenoxy) is 1. The normalized spacial score (nSPS) is 31.0. The van der Waals surface area contributed by atoms with Crippen molar-refractivity contribution in [1.29, 1.82) is 0 Å². The lowest BCUT2D eigenvalue weighted by atomic mass is 10.1. The van der Waals surface area contributed by atoms with Crippen molar-refractivity contribution in [3.8, 4) is 0 Å². The van der Waals surface area contributed by atoms with E-state index in [4.69, 9.17) is 9.84 Å². The number of hydrogen-bond donors (Lipinski definition) is 1. The van der Waals surface area contributed by atoms with E-state index in [2.05, 4.69) is 0 Å². The molecular formula is C7H14O2. The number of aliphatic hydroxyl groups excluding tert-OH is 1. The zero-order valence-electron chi connectivity index (χ0n) is 5.68. The maximum atomic E-state index is 9.09. The van der Waals surface area contributed by atoms with Crippen molar-refractivity contribution in [2.75, 3.05) is 13.2 Å². The molecule has 1 saturated heterocycles. The molecule has 0 unspecified atom stereocenters. The molecule has 1 fully saturated rings. The van der Waals surface area contributed by atoms with Crippen LogP contribution < -0.4 is 0 Å². The molecule has 0 spiro atoms. The molecule has 0 amide bonds. The Morgan fingerprint density at radius 1 is 1.22 bits per heavy atom. The minimum atomic E-state index is -0.203. The van der Waals surface area contributed by atoms with E-state index in [1.165, 1.54) is 6.42 Å². The lowest BCUT2D eigenvalue weighted by Crippen LogP contribution is -2.17. The summed E-state index contributed by atoms with van der Waals surface area (Å²) in [7, 11) is 0. The maximum Gasteiger partial charge on any atom is 0.0773 e. The third-order valence-corrected chi connectivity index (χ3v) is 1.64. The first-order valence-corrected chi connectivity index (χ1v) is 3.65. The van der Waals surface area contributed by atoms with Crippen molar-refractivity contribution in [2.24, 2.45) is 0 Å². The average Bonchev–Trinajstić information content (AvgIpc) is 1.79. The van der Waals surface area contributed by atoms with Crippen LogP contribution in [0.2, 0.25) is 0 Å². The van der Waals surface area contributed by atoms with E-state index in [1.807, 2.05) is 0 Å². The monoisotopic (exact) mass is 130 g/mol. The fourth-order valence-electron chi connectivity index (χ4n) is 1.06. The summed E-state index contributed by atoms with van der Waals surface area (Å²) >= 11 is 0. The van der Waals surface area contributed by atoms with Gasteiger partial charge in [0.05, 0.1) is 12.7 Å². The highest BCUT2D eigenvalue weighted by molar-refractivity contribution is 4.57. The van der Waals surface area contributed by atoms with Crippen molar-refractivity contribution < 1.29 is 9.84 Å². The average molecular weight is 130 g/mol. The van der Waals surface area contributed by atoms with Gasteiger partial charge < -0.3 is 9.84 Å². The lowest BCUT2D eigenvalue weighted by molar-refractivity contribution is 0.0201. The second-order valence-electron chi connectivity index (χ2n) is 2.58. The van der Waals surface area contributed by atoms with E-state index < -0.39 is 0 Å². The molecule has 0 aliphatic carbocycles. The summed E-state index contributed by atoms with van der Waals surface area (Å²) in [4.78, 5) is 0. The third kappa shape index (κ3) is 2.82. The summed E-state index contributed by atoms with van der Waals surface area (Å²) < 4.78 is 5.14. The van der Waals surface area contributed by atoms with Crippen molar-refractivity contribution in [1.82, 2.24) is 0 Å². The lowest BCUT2D eigenvalue weighted by Gasteiger charge is -2.14. The van der Waals surface area contributed by atoms with Crippen LogP contribution >= 0.6 is 0 Å². The van der Waals surface area contributed by atoms with E-state index in [1.54, 1.807) is 0 Å². The molecule has 1 heterocycles. The van der Waals surface area contributed by atoms with Gasteiger partial charge in [-0.25, -0.2) is 0 Å². The molecule has 0 saturated carbocycles. The molecule has 1 rings (SSSR count). The van der Waals surface area contributed by atoms with Crippen LogP contribution in [0.5, 0.6) is 0 Å². The molecule has 9 heavy (non-hydrogen) atoms. The maximum absolute atomic E-state index is 9.09. The van der Waals surface area contributed by atoms with E-state index in [9.17, 15) is 0 Å². The van der Waals surface area contributed by atoms with Crippen LogP contribution in [0.3, 0.4) is 0 Å². The predicted octanol–water partition coefficient (Wildman–Crippen LogP) is 0.938. The van der Waals surface area contributed by atoms with Gasteiger partial charge in [-0.3, -0.25) is 0 Å². The van der Waals surface area contributed by atoms with Crippen molar-refractivity contribution in [2.45, 2.75) is 31.8 Å². The molecule has 0 aromatic rings. The number of rotatable bonds is 0. The fourth-order valence-corrected chi connectivity index (χ4v) is 1.06. The Morgan fingerprint density at radius 2 is 2.11 bits per heavy atom. The second-order valence-corrected chi connectivity index (χ2v) is 2.58. The minimum Gasteiger partial charge on any atom is -0.391 e. The zero-order chi connectivity index (χ0) is 6.53. The molecule has 54 valence electrons. The molecule has 1 aliphatic rings. The predicted molar refractivity (Wildman–Crippen MR) is 35.3 cm³/mol. The first-order valence-electron chi connectivity index (χ1n) is 3.65. The Kier molecular flexibility index (Phi) is 3.01. The van der Waals surface area contributed by atoms with Crippen molar-refractivity contribution in [3.63, 3.8) is 0 Å². The van der Waals surface area contributed by atoms with Gasteiger partial charge in [0.2, 0.25) is 0 Å². The summed E-state index contributed by atoms with van der Waals surface area (Å²) in [5.74, 6) is 0. The summed E-state index contributed by atoms with van der Waals surface area (Å²) in [5.41, 5.74) is 0. The molecule has 1 aliphatic heterocycles. The summed E-state index contributed by atoms with van der Waals surface area (Å²) in [6.07, 6.45) is 4.24. The van der Waals surface area contributed by atoms with Gasteiger partial charge in [0.25, 0.3) is 0 Å². The van der Waals surface area contributed by atoms with Gasteiger partial charge in [0.15, 0.2) is 0 Å². The van der Waals surface area contributed by atoms with E-state index in [-0.39, 0.29) is 6.10 Å². The third-order valence-electron chi connectivity index (χ3n) is 1.64. The smallest absolute Gasteiger partial charge is 0.0773 e.